The number of para-hydroxylation sites is 1. The van der Waals surface area contributed by atoms with E-state index in [1.807, 2.05) is 62.4 Å². The molecular weight excluding hydrogens is 428 g/mol. The van der Waals surface area contributed by atoms with Crippen LogP contribution in [-0.2, 0) is 11.2 Å². The van der Waals surface area contributed by atoms with Crippen LogP contribution in [-0.4, -0.2) is 31.6 Å². The number of carbonyl (C=O) groups excluding carboxylic acids is 2. The summed E-state index contributed by atoms with van der Waals surface area (Å²) in [5.41, 5.74) is 3.20. The highest BCUT2D eigenvalue weighted by Gasteiger charge is 2.31. The van der Waals surface area contributed by atoms with Gasteiger partial charge in [0.25, 0.3) is 11.8 Å². The number of ether oxygens (including phenoxy) is 2. The van der Waals surface area contributed by atoms with Crippen LogP contribution in [0.4, 0.5) is 5.69 Å². The molecule has 0 bridgehead atoms. The third kappa shape index (κ3) is 5.06. The van der Waals surface area contributed by atoms with Gasteiger partial charge in [0, 0.05) is 17.8 Å². The Morgan fingerprint density at radius 2 is 1.62 bits per heavy atom. The van der Waals surface area contributed by atoms with Gasteiger partial charge in [-0.1, -0.05) is 48.5 Å². The lowest BCUT2D eigenvalue weighted by molar-refractivity contribution is -0.120. The molecule has 0 saturated heterocycles. The number of hydrogen-bond donors (Lipinski definition) is 1. The summed E-state index contributed by atoms with van der Waals surface area (Å²) in [5, 5.41) is 2.97. The van der Waals surface area contributed by atoms with Crippen molar-refractivity contribution in [3.8, 4) is 11.5 Å². The maximum atomic E-state index is 13.8. The lowest BCUT2D eigenvalue weighted by Gasteiger charge is -2.32. The Bertz CT molecular complexity index is 1150. The van der Waals surface area contributed by atoms with Crippen LogP contribution in [0, 0.1) is 0 Å². The summed E-state index contributed by atoms with van der Waals surface area (Å²) in [6.45, 7) is 5.33. The SMILES string of the molecule is CCOc1ccc(C(=O)NC(C(=O)N2CCCc3ccccc32)c2ccccc2)cc1OCC. The summed E-state index contributed by atoms with van der Waals surface area (Å²) in [7, 11) is 0. The third-order valence-corrected chi connectivity index (χ3v) is 5.84. The summed E-state index contributed by atoms with van der Waals surface area (Å²) in [6, 6.07) is 21.6. The number of hydrogen-bond acceptors (Lipinski definition) is 4. The predicted molar refractivity (Wildman–Crippen MR) is 133 cm³/mol. The van der Waals surface area contributed by atoms with Crippen molar-refractivity contribution in [2.75, 3.05) is 24.7 Å². The molecule has 34 heavy (non-hydrogen) atoms. The molecule has 176 valence electrons. The van der Waals surface area contributed by atoms with Crippen molar-refractivity contribution in [1.29, 1.82) is 0 Å². The fourth-order valence-electron chi connectivity index (χ4n) is 4.26. The molecule has 3 aromatic rings. The Balaban J connectivity index is 1.64. The minimum absolute atomic E-state index is 0.150. The highest BCUT2D eigenvalue weighted by Crippen LogP contribution is 2.31. The molecule has 0 aromatic heterocycles. The summed E-state index contributed by atoms with van der Waals surface area (Å²) >= 11 is 0. The van der Waals surface area contributed by atoms with Crippen LogP contribution in [0.5, 0.6) is 11.5 Å². The molecule has 2 amide bonds. The van der Waals surface area contributed by atoms with Crippen LogP contribution in [0.15, 0.2) is 72.8 Å². The molecule has 1 aliphatic rings. The number of amides is 2. The zero-order valence-corrected chi connectivity index (χ0v) is 19.6. The first-order valence-corrected chi connectivity index (χ1v) is 11.8. The van der Waals surface area contributed by atoms with Crippen LogP contribution in [0.2, 0.25) is 0 Å². The van der Waals surface area contributed by atoms with E-state index in [0.717, 1.165) is 29.7 Å². The van der Waals surface area contributed by atoms with Crippen molar-refractivity contribution in [3.63, 3.8) is 0 Å². The molecule has 1 aliphatic heterocycles. The van der Waals surface area contributed by atoms with Crippen LogP contribution in [0.3, 0.4) is 0 Å². The highest BCUT2D eigenvalue weighted by molar-refractivity contribution is 6.03. The van der Waals surface area contributed by atoms with Crippen molar-refractivity contribution in [1.82, 2.24) is 5.32 Å². The van der Waals surface area contributed by atoms with Crippen molar-refractivity contribution in [3.05, 3.63) is 89.5 Å². The average molecular weight is 459 g/mol. The standard InChI is InChI=1S/C28H30N2O4/c1-3-33-24-17-16-22(19-25(24)34-4-2)27(31)29-26(21-12-6-5-7-13-21)28(32)30-18-10-14-20-11-8-9-15-23(20)30/h5-9,11-13,15-17,19,26H,3-4,10,14,18H2,1-2H3,(H,29,31). The maximum absolute atomic E-state index is 13.8. The van der Waals surface area contributed by atoms with Gasteiger partial charge in [-0.3, -0.25) is 9.59 Å². The van der Waals surface area contributed by atoms with Crippen molar-refractivity contribution >= 4 is 17.5 Å². The zero-order chi connectivity index (χ0) is 23.9. The predicted octanol–water partition coefficient (Wildman–Crippen LogP) is 4.93. The second kappa shape index (κ2) is 10.9. The summed E-state index contributed by atoms with van der Waals surface area (Å²) < 4.78 is 11.3. The molecule has 6 nitrogen and oxygen atoms in total. The monoisotopic (exact) mass is 458 g/mol. The van der Waals surface area contributed by atoms with Crippen molar-refractivity contribution < 1.29 is 19.1 Å². The van der Waals surface area contributed by atoms with E-state index in [1.165, 1.54) is 0 Å². The van der Waals surface area contributed by atoms with Gasteiger partial charge in [0.1, 0.15) is 6.04 Å². The minimum atomic E-state index is -0.818. The second-order valence-corrected chi connectivity index (χ2v) is 8.07. The molecule has 3 aromatic carbocycles. The number of carbonyl (C=O) groups is 2. The van der Waals surface area contributed by atoms with Crippen LogP contribution >= 0.6 is 0 Å². The molecule has 0 fully saturated rings. The smallest absolute Gasteiger partial charge is 0.254 e. The first-order valence-electron chi connectivity index (χ1n) is 11.8. The van der Waals surface area contributed by atoms with Gasteiger partial charge in [-0.2, -0.15) is 0 Å². The number of rotatable bonds is 8. The van der Waals surface area contributed by atoms with E-state index in [1.54, 1.807) is 23.1 Å². The van der Waals surface area contributed by atoms with Gasteiger partial charge in [0.05, 0.1) is 13.2 Å². The topological polar surface area (TPSA) is 67.9 Å². The molecule has 0 saturated carbocycles. The van der Waals surface area contributed by atoms with Gasteiger partial charge >= 0.3 is 0 Å². The molecular formula is C28H30N2O4. The Hall–Kier alpha value is -3.80. The van der Waals surface area contributed by atoms with Gasteiger partial charge < -0.3 is 19.7 Å². The summed E-state index contributed by atoms with van der Waals surface area (Å²) in [4.78, 5) is 28.9. The molecule has 1 N–H and O–H groups in total. The van der Waals surface area contributed by atoms with E-state index in [9.17, 15) is 9.59 Å². The molecule has 1 unspecified atom stereocenters. The molecule has 1 atom stereocenters. The van der Waals surface area contributed by atoms with E-state index in [2.05, 4.69) is 11.4 Å². The molecule has 6 heteroatoms. The molecule has 4 rings (SSSR count). The van der Waals surface area contributed by atoms with Gasteiger partial charge in [-0.25, -0.2) is 0 Å². The number of anilines is 1. The molecule has 1 heterocycles. The highest BCUT2D eigenvalue weighted by atomic mass is 16.5. The van der Waals surface area contributed by atoms with E-state index in [4.69, 9.17) is 9.47 Å². The first kappa shape index (κ1) is 23.4. The number of nitrogens with zero attached hydrogens (tertiary/aromatic N) is 1. The Morgan fingerprint density at radius 1 is 0.912 bits per heavy atom. The molecule has 0 spiro atoms. The van der Waals surface area contributed by atoms with E-state index in [0.29, 0.717) is 36.8 Å². The largest absolute Gasteiger partial charge is 0.490 e. The van der Waals surface area contributed by atoms with Gasteiger partial charge in [0.2, 0.25) is 0 Å². The van der Waals surface area contributed by atoms with Gasteiger partial charge in [0.15, 0.2) is 11.5 Å². The quantitative estimate of drug-likeness (QED) is 0.520. The zero-order valence-electron chi connectivity index (χ0n) is 19.6. The maximum Gasteiger partial charge on any atom is 0.254 e. The molecule has 0 aliphatic carbocycles. The summed E-state index contributed by atoms with van der Waals surface area (Å²) in [5.74, 6) is 0.588. The second-order valence-electron chi connectivity index (χ2n) is 8.07. The van der Waals surface area contributed by atoms with E-state index >= 15 is 0 Å². The van der Waals surface area contributed by atoms with Crippen LogP contribution in [0.25, 0.3) is 0 Å². The lowest BCUT2D eigenvalue weighted by Crippen LogP contribution is -2.45. The number of fused-ring (bicyclic) bond motifs is 1. The third-order valence-electron chi connectivity index (χ3n) is 5.84. The van der Waals surface area contributed by atoms with E-state index < -0.39 is 6.04 Å². The van der Waals surface area contributed by atoms with E-state index in [-0.39, 0.29) is 11.8 Å². The van der Waals surface area contributed by atoms with Gasteiger partial charge in [-0.15, -0.1) is 0 Å². The number of nitrogens with one attached hydrogen (secondary N) is 1. The van der Waals surface area contributed by atoms with Crippen LogP contribution < -0.4 is 19.7 Å². The number of aryl methyl sites for hydroxylation is 1. The minimum Gasteiger partial charge on any atom is -0.490 e. The average Bonchev–Trinajstić information content (AvgIpc) is 2.88. The van der Waals surface area contributed by atoms with Crippen LogP contribution in [0.1, 0.15) is 47.8 Å². The Labute approximate surface area is 200 Å². The fourth-order valence-corrected chi connectivity index (χ4v) is 4.26. The normalized spacial score (nSPS) is 13.5. The molecule has 0 radical (unpaired) electrons. The lowest BCUT2D eigenvalue weighted by atomic mass is 9.99. The van der Waals surface area contributed by atoms with Gasteiger partial charge in [-0.05, 0) is 62.1 Å². The Kier molecular flexibility index (Phi) is 7.48. The van der Waals surface area contributed by atoms with Crippen molar-refractivity contribution in [2.45, 2.75) is 32.7 Å². The number of benzene rings is 3. The fraction of sp³-hybridized carbons (Fsp3) is 0.286. The van der Waals surface area contributed by atoms with Crippen molar-refractivity contribution in [2.24, 2.45) is 0 Å². The first-order chi connectivity index (χ1) is 16.6. The Morgan fingerprint density at radius 3 is 2.38 bits per heavy atom. The summed E-state index contributed by atoms with van der Waals surface area (Å²) in [6.07, 6.45) is 1.82.